The smallest absolute Gasteiger partial charge is 0.146 e. The van der Waals surface area contributed by atoms with Crippen molar-refractivity contribution in [3.05, 3.63) is 51.4 Å². The average Bonchev–Trinajstić information content (AvgIpc) is 3.05. The molecule has 4 rings (SSSR count). The Morgan fingerprint density at radius 2 is 1.86 bits per heavy atom. The molecule has 1 saturated heterocycles. The van der Waals surface area contributed by atoms with E-state index >= 15 is 0 Å². The van der Waals surface area contributed by atoms with Crippen molar-refractivity contribution in [2.24, 2.45) is 5.92 Å². The van der Waals surface area contributed by atoms with Crippen LogP contribution in [0, 0.1) is 26.7 Å². The zero-order valence-electron chi connectivity index (χ0n) is 13.2. The highest BCUT2D eigenvalue weighted by molar-refractivity contribution is 9.10. The lowest BCUT2D eigenvalue weighted by Gasteiger charge is -2.24. The van der Waals surface area contributed by atoms with Gasteiger partial charge in [0.15, 0.2) is 0 Å². The zero-order chi connectivity index (χ0) is 15.5. The fourth-order valence-corrected chi connectivity index (χ4v) is 4.30. The van der Waals surface area contributed by atoms with E-state index in [4.69, 9.17) is 0 Å². The third-order valence-corrected chi connectivity index (χ3v) is 6.11. The molecular weight excluding hydrogens is 338 g/mol. The highest BCUT2D eigenvalue weighted by atomic mass is 79.9. The van der Waals surface area contributed by atoms with Crippen LogP contribution in [0.3, 0.4) is 0 Å². The summed E-state index contributed by atoms with van der Waals surface area (Å²) in [4.78, 5) is 11.5. The summed E-state index contributed by atoms with van der Waals surface area (Å²) in [5.41, 5.74) is 4.19. The van der Waals surface area contributed by atoms with Gasteiger partial charge >= 0.3 is 0 Å². The van der Waals surface area contributed by atoms with E-state index in [2.05, 4.69) is 62.0 Å². The van der Waals surface area contributed by atoms with Crippen molar-refractivity contribution in [2.75, 3.05) is 18.0 Å². The van der Waals surface area contributed by atoms with E-state index in [0.717, 1.165) is 40.8 Å². The molecule has 0 N–H and O–H groups in total. The molecule has 114 valence electrons. The van der Waals surface area contributed by atoms with Crippen molar-refractivity contribution in [3.63, 3.8) is 0 Å². The van der Waals surface area contributed by atoms with Gasteiger partial charge in [0.1, 0.15) is 11.6 Å². The van der Waals surface area contributed by atoms with Crippen molar-refractivity contribution in [3.8, 4) is 0 Å². The molecule has 2 unspecified atom stereocenters. The summed E-state index contributed by atoms with van der Waals surface area (Å²) in [6, 6.07) is 9.09. The van der Waals surface area contributed by atoms with Gasteiger partial charge in [-0.15, -0.1) is 0 Å². The fraction of sp³-hybridized carbons (Fsp3) is 0.444. The second-order valence-corrected chi connectivity index (χ2v) is 7.59. The lowest BCUT2D eigenvalue weighted by molar-refractivity contribution is 0.710. The van der Waals surface area contributed by atoms with Crippen molar-refractivity contribution in [2.45, 2.75) is 32.6 Å². The second-order valence-electron chi connectivity index (χ2n) is 6.80. The normalized spacial score (nSPS) is 26.2. The fourth-order valence-electron chi connectivity index (χ4n) is 3.87. The summed E-state index contributed by atoms with van der Waals surface area (Å²) in [6.45, 7) is 8.32. The van der Waals surface area contributed by atoms with Gasteiger partial charge in [0.05, 0.1) is 10.2 Å². The molecule has 22 heavy (non-hydrogen) atoms. The number of halogens is 1. The highest BCUT2D eigenvalue weighted by Gasteiger charge is 2.61. The monoisotopic (exact) mass is 357 g/mol. The maximum atomic E-state index is 4.68. The first-order chi connectivity index (χ1) is 10.5. The number of hydrogen-bond donors (Lipinski definition) is 0. The van der Waals surface area contributed by atoms with Crippen molar-refractivity contribution in [1.29, 1.82) is 0 Å². The number of rotatable bonds is 2. The zero-order valence-corrected chi connectivity index (χ0v) is 14.8. The third kappa shape index (κ3) is 2.08. The van der Waals surface area contributed by atoms with Crippen LogP contribution in [0.4, 0.5) is 5.82 Å². The van der Waals surface area contributed by atoms with Crippen LogP contribution in [0.2, 0.25) is 0 Å². The largest absolute Gasteiger partial charge is 0.354 e. The number of fused-ring (bicyclic) bond motifs is 1. The van der Waals surface area contributed by atoms with Crippen LogP contribution in [0.25, 0.3) is 0 Å². The Morgan fingerprint density at radius 1 is 1.14 bits per heavy atom. The SMILES string of the molecule is Cc1ccc(C23CC2CN(c2nc(C)nc(C)c2Br)C3)cc1. The Morgan fingerprint density at radius 3 is 2.59 bits per heavy atom. The number of nitrogens with zero attached hydrogens (tertiary/aromatic N) is 3. The maximum Gasteiger partial charge on any atom is 0.146 e. The molecule has 1 aromatic heterocycles. The molecule has 1 aliphatic heterocycles. The van der Waals surface area contributed by atoms with Gasteiger partial charge in [-0.2, -0.15) is 0 Å². The number of hydrogen-bond acceptors (Lipinski definition) is 3. The molecule has 0 spiro atoms. The summed E-state index contributed by atoms with van der Waals surface area (Å²) in [6.07, 6.45) is 1.31. The average molecular weight is 358 g/mol. The van der Waals surface area contributed by atoms with Gasteiger partial charge in [-0.1, -0.05) is 29.8 Å². The topological polar surface area (TPSA) is 29.0 Å². The second kappa shape index (κ2) is 4.79. The minimum absolute atomic E-state index is 0.347. The first kappa shape index (κ1) is 14.2. The molecule has 0 amide bonds. The van der Waals surface area contributed by atoms with Crippen molar-refractivity contribution >= 4 is 21.7 Å². The maximum absolute atomic E-state index is 4.68. The molecule has 4 heteroatoms. The summed E-state index contributed by atoms with van der Waals surface area (Å²) in [5, 5.41) is 0. The molecule has 1 aliphatic carbocycles. The Kier molecular flexibility index (Phi) is 3.09. The molecule has 1 aromatic carbocycles. The van der Waals surface area contributed by atoms with E-state index in [9.17, 15) is 0 Å². The molecule has 2 aliphatic rings. The van der Waals surface area contributed by atoms with Gasteiger partial charge in [-0.25, -0.2) is 9.97 Å². The number of benzene rings is 1. The predicted octanol–water partition coefficient (Wildman–Crippen LogP) is 3.94. The van der Waals surface area contributed by atoms with E-state index in [-0.39, 0.29) is 0 Å². The Balaban J connectivity index is 1.65. The molecule has 3 nitrogen and oxygen atoms in total. The number of aromatic nitrogens is 2. The Hall–Kier alpha value is -1.42. The molecule has 2 aromatic rings. The Bertz CT molecular complexity index is 741. The van der Waals surface area contributed by atoms with E-state index in [1.165, 1.54) is 17.5 Å². The van der Waals surface area contributed by atoms with Gasteiger partial charge in [0, 0.05) is 18.5 Å². The summed E-state index contributed by atoms with van der Waals surface area (Å²) < 4.78 is 1.04. The van der Waals surface area contributed by atoms with E-state index in [0.29, 0.717) is 5.41 Å². The summed E-state index contributed by atoms with van der Waals surface area (Å²) >= 11 is 3.68. The molecule has 0 radical (unpaired) electrons. The predicted molar refractivity (Wildman–Crippen MR) is 92.4 cm³/mol. The third-order valence-electron chi connectivity index (χ3n) is 5.18. The number of aryl methyl sites for hydroxylation is 3. The first-order valence-electron chi connectivity index (χ1n) is 7.82. The number of piperidine rings is 1. The molecule has 2 fully saturated rings. The van der Waals surface area contributed by atoms with Gasteiger partial charge in [0.25, 0.3) is 0 Å². The quantitative estimate of drug-likeness (QED) is 0.814. The molecule has 2 atom stereocenters. The Labute approximate surface area is 139 Å². The van der Waals surface area contributed by atoms with Crippen LogP contribution in [0.1, 0.15) is 29.1 Å². The van der Waals surface area contributed by atoms with Crippen LogP contribution in [0.5, 0.6) is 0 Å². The molecule has 1 saturated carbocycles. The minimum atomic E-state index is 0.347. The number of anilines is 1. The van der Waals surface area contributed by atoms with Crippen LogP contribution in [-0.2, 0) is 5.41 Å². The van der Waals surface area contributed by atoms with Gasteiger partial charge in [-0.05, 0) is 54.6 Å². The van der Waals surface area contributed by atoms with Gasteiger partial charge < -0.3 is 4.90 Å². The molecule has 0 bridgehead atoms. The summed E-state index contributed by atoms with van der Waals surface area (Å²) in [5.74, 6) is 2.67. The standard InChI is InChI=1S/C18H20BrN3/c1-11-4-6-14(7-5-11)18-8-15(18)9-22(10-18)17-16(19)12(2)20-13(3)21-17/h4-7,15H,8-10H2,1-3H3. The van der Waals surface area contributed by atoms with E-state index in [1.54, 1.807) is 0 Å². The van der Waals surface area contributed by atoms with Crippen molar-refractivity contribution < 1.29 is 0 Å². The summed E-state index contributed by atoms with van der Waals surface area (Å²) in [7, 11) is 0. The van der Waals surface area contributed by atoms with Gasteiger partial charge in [0.2, 0.25) is 0 Å². The van der Waals surface area contributed by atoms with Gasteiger partial charge in [-0.3, -0.25) is 0 Å². The molecular formula is C18H20BrN3. The van der Waals surface area contributed by atoms with Crippen LogP contribution >= 0.6 is 15.9 Å². The lowest BCUT2D eigenvalue weighted by Crippen LogP contribution is -2.28. The lowest BCUT2D eigenvalue weighted by atomic mass is 9.94. The molecule has 2 heterocycles. The first-order valence-corrected chi connectivity index (χ1v) is 8.62. The van der Waals surface area contributed by atoms with Crippen LogP contribution < -0.4 is 4.90 Å². The highest BCUT2D eigenvalue weighted by Crippen LogP contribution is 2.59. The van der Waals surface area contributed by atoms with Crippen LogP contribution in [-0.4, -0.2) is 23.1 Å². The van der Waals surface area contributed by atoms with E-state index in [1.807, 2.05) is 13.8 Å². The van der Waals surface area contributed by atoms with Crippen molar-refractivity contribution in [1.82, 2.24) is 9.97 Å². The van der Waals surface area contributed by atoms with Crippen LogP contribution in [0.15, 0.2) is 28.7 Å². The van der Waals surface area contributed by atoms with E-state index < -0.39 is 0 Å². The minimum Gasteiger partial charge on any atom is -0.354 e.